The fourth-order valence-corrected chi connectivity index (χ4v) is 2.68. The average Bonchev–Trinajstić information content (AvgIpc) is 2.96. The van der Waals surface area contributed by atoms with Gasteiger partial charge in [-0.2, -0.15) is 0 Å². The van der Waals surface area contributed by atoms with E-state index in [2.05, 4.69) is 20.6 Å². The zero-order valence-electron chi connectivity index (χ0n) is 14.2. The van der Waals surface area contributed by atoms with E-state index in [0.29, 0.717) is 5.95 Å². The Kier molecular flexibility index (Phi) is 4.79. The van der Waals surface area contributed by atoms with E-state index in [9.17, 15) is 9.59 Å². The predicted octanol–water partition coefficient (Wildman–Crippen LogP) is 3.08. The number of hydrogen-bond donors (Lipinski definition) is 3. The molecule has 6 nitrogen and oxygen atoms in total. The lowest BCUT2D eigenvalue weighted by molar-refractivity contribution is -0.120. The number of aromatic amines is 1. The van der Waals surface area contributed by atoms with Crippen LogP contribution in [0.4, 0.5) is 5.95 Å². The van der Waals surface area contributed by atoms with E-state index in [1.54, 1.807) is 0 Å². The molecule has 6 heteroatoms. The molecular weight excluding hydrogens is 316 g/mol. The van der Waals surface area contributed by atoms with Gasteiger partial charge in [0.15, 0.2) is 0 Å². The number of aromatic nitrogens is 2. The Bertz CT molecular complexity index is 866. The highest BCUT2D eigenvalue weighted by atomic mass is 16.2. The van der Waals surface area contributed by atoms with Gasteiger partial charge in [-0.15, -0.1) is 0 Å². The Morgan fingerprint density at radius 1 is 1.12 bits per heavy atom. The van der Waals surface area contributed by atoms with E-state index in [0.717, 1.165) is 22.2 Å². The summed E-state index contributed by atoms with van der Waals surface area (Å²) in [5, 5.41) is 5.59. The first kappa shape index (κ1) is 16.7. The van der Waals surface area contributed by atoms with Gasteiger partial charge in [0.1, 0.15) is 0 Å². The lowest BCUT2D eigenvalue weighted by Gasteiger charge is -2.18. The molecule has 1 heterocycles. The van der Waals surface area contributed by atoms with Gasteiger partial charge in [0, 0.05) is 6.92 Å². The molecule has 1 atom stereocenters. The number of hydrogen-bond acceptors (Lipinski definition) is 3. The van der Waals surface area contributed by atoms with Crippen molar-refractivity contribution in [1.82, 2.24) is 15.3 Å². The highest BCUT2D eigenvalue weighted by molar-refractivity contribution is 5.91. The average molecular weight is 336 g/mol. The Balaban J connectivity index is 1.72. The summed E-state index contributed by atoms with van der Waals surface area (Å²) >= 11 is 0. The van der Waals surface area contributed by atoms with Gasteiger partial charge in [-0.25, -0.2) is 4.98 Å². The number of H-pyrrole nitrogens is 1. The number of rotatable bonds is 5. The van der Waals surface area contributed by atoms with Crippen molar-refractivity contribution in [3.63, 3.8) is 0 Å². The van der Waals surface area contributed by atoms with Gasteiger partial charge >= 0.3 is 0 Å². The molecule has 3 rings (SSSR count). The van der Waals surface area contributed by atoms with E-state index in [1.807, 2.05) is 55.5 Å². The second-order valence-corrected chi connectivity index (χ2v) is 6.02. The summed E-state index contributed by atoms with van der Waals surface area (Å²) in [5.74, 6) is -0.00262. The lowest BCUT2D eigenvalue weighted by Crippen LogP contribution is -2.29. The van der Waals surface area contributed by atoms with E-state index in [4.69, 9.17) is 0 Å². The van der Waals surface area contributed by atoms with Crippen molar-refractivity contribution in [3.05, 3.63) is 59.7 Å². The second-order valence-electron chi connectivity index (χ2n) is 6.02. The monoisotopic (exact) mass is 336 g/mol. The summed E-state index contributed by atoms with van der Waals surface area (Å²) < 4.78 is 0. The van der Waals surface area contributed by atoms with E-state index >= 15 is 0 Å². The molecule has 0 aliphatic heterocycles. The molecule has 128 valence electrons. The standard InChI is InChI=1S/C19H20N4O2/c1-12-7-9-14(10-8-12)17(20-13(2)24)11-18(25)23-19-21-15-5-3-4-6-16(15)22-19/h3-10,17H,11H2,1-2H3,(H,20,24)(H2,21,22,23,25)/t17-/m1/s1. The van der Waals surface area contributed by atoms with Crippen LogP contribution < -0.4 is 10.6 Å². The molecule has 0 spiro atoms. The smallest absolute Gasteiger partial charge is 0.229 e. The normalized spacial score (nSPS) is 11.9. The highest BCUT2D eigenvalue weighted by Gasteiger charge is 2.18. The molecule has 0 unspecified atom stereocenters. The van der Waals surface area contributed by atoms with Crippen LogP contribution in [0.15, 0.2) is 48.5 Å². The Morgan fingerprint density at radius 2 is 1.84 bits per heavy atom. The number of carbonyl (C=O) groups is 2. The summed E-state index contributed by atoms with van der Waals surface area (Å²) in [4.78, 5) is 31.3. The van der Waals surface area contributed by atoms with Crippen LogP contribution in [0, 0.1) is 6.92 Å². The minimum absolute atomic E-state index is 0.125. The Hall–Kier alpha value is -3.15. The molecule has 3 aromatic rings. The minimum atomic E-state index is -0.387. The fourth-order valence-electron chi connectivity index (χ4n) is 2.68. The van der Waals surface area contributed by atoms with E-state index in [-0.39, 0.29) is 24.3 Å². The largest absolute Gasteiger partial charge is 0.349 e. The van der Waals surface area contributed by atoms with Gasteiger partial charge in [-0.05, 0) is 24.6 Å². The van der Waals surface area contributed by atoms with Crippen molar-refractivity contribution in [2.45, 2.75) is 26.3 Å². The Labute approximate surface area is 145 Å². The van der Waals surface area contributed by atoms with Gasteiger partial charge in [0.05, 0.1) is 23.5 Å². The second kappa shape index (κ2) is 7.17. The molecule has 0 fully saturated rings. The molecule has 0 aliphatic carbocycles. The maximum absolute atomic E-state index is 12.4. The van der Waals surface area contributed by atoms with Crippen LogP contribution in [0.25, 0.3) is 11.0 Å². The van der Waals surface area contributed by atoms with Gasteiger partial charge in [-0.3, -0.25) is 14.9 Å². The van der Waals surface area contributed by atoms with Gasteiger partial charge in [0.2, 0.25) is 17.8 Å². The zero-order valence-corrected chi connectivity index (χ0v) is 14.2. The minimum Gasteiger partial charge on any atom is -0.349 e. The summed E-state index contributed by atoms with van der Waals surface area (Å²) in [6.07, 6.45) is 0.125. The van der Waals surface area contributed by atoms with Crippen LogP contribution in [0.2, 0.25) is 0 Å². The number of fused-ring (bicyclic) bond motifs is 1. The highest BCUT2D eigenvalue weighted by Crippen LogP contribution is 2.19. The molecule has 25 heavy (non-hydrogen) atoms. The van der Waals surface area contributed by atoms with E-state index < -0.39 is 0 Å². The van der Waals surface area contributed by atoms with Gasteiger partial charge in [-0.1, -0.05) is 42.0 Å². The molecule has 2 amide bonds. The van der Waals surface area contributed by atoms with Crippen molar-refractivity contribution in [2.75, 3.05) is 5.32 Å². The molecule has 1 aromatic heterocycles. The predicted molar refractivity (Wildman–Crippen MR) is 97.1 cm³/mol. The van der Waals surface area contributed by atoms with Crippen molar-refractivity contribution in [3.8, 4) is 0 Å². The Morgan fingerprint density at radius 3 is 2.52 bits per heavy atom. The van der Waals surface area contributed by atoms with Crippen molar-refractivity contribution in [1.29, 1.82) is 0 Å². The first-order valence-corrected chi connectivity index (χ1v) is 8.09. The van der Waals surface area contributed by atoms with E-state index in [1.165, 1.54) is 6.92 Å². The summed E-state index contributed by atoms with van der Waals surface area (Å²) in [5.41, 5.74) is 3.65. The number of anilines is 1. The zero-order chi connectivity index (χ0) is 17.8. The van der Waals surface area contributed by atoms with Gasteiger partial charge in [0.25, 0.3) is 0 Å². The molecule has 2 aromatic carbocycles. The SMILES string of the molecule is CC(=O)N[C@H](CC(=O)Nc1nc2ccccc2[nH]1)c1ccc(C)cc1. The fraction of sp³-hybridized carbons (Fsp3) is 0.211. The molecule has 3 N–H and O–H groups in total. The van der Waals surface area contributed by atoms with Crippen LogP contribution in [0.1, 0.15) is 30.5 Å². The van der Waals surface area contributed by atoms with Crippen LogP contribution in [0.5, 0.6) is 0 Å². The van der Waals surface area contributed by atoms with Crippen LogP contribution in [-0.4, -0.2) is 21.8 Å². The number of imidazole rings is 1. The van der Waals surface area contributed by atoms with Crippen LogP contribution in [-0.2, 0) is 9.59 Å². The molecule has 0 aliphatic rings. The number of amides is 2. The van der Waals surface area contributed by atoms with Crippen molar-refractivity contribution < 1.29 is 9.59 Å². The third-order valence-electron chi connectivity index (χ3n) is 3.89. The molecule has 0 saturated carbocycles. The number of para-hydroxylation sites is 2. The quantitative estimate of drug-likeness (QED) is 0.669. The summed E-state index contributed by atoms with van der Waals surface area (Å²) in [6.45, 7) is 3.43. The van der Waals surface area contributed by atoms with Crippen molar-refractivity contribution in [2.24, 2.45) is 0 Å². The third-order valence-corrected chi connectivity index (χ3v) is 3.89. The number of carbonyl (C=O) groups excluding carboxylic acids is 2. The molecule has 0 bridgehead atoms. The maximum atomic E-state index is 12.4. The number of nitrogens with one attached hydrogen (secondary N) is 3. The molecule has 0 saturated heterocycles. The summed E-state index contributed by atoms with van der Waals surface area (Å²) in [6, 6.07) is 14.9. The topological polar surface area (TPSA) is 86.9 Å². The number of aryl methyl sites for hydroxylation is 1. The first-order valence-electron chi connectivity index (χ1n) is 8.09. The molecular formula is C19H20N4O2. The van der Waals surface area contributed by atoms with Gasteiger partial charge < -0.3 is 10.3 Å². The lowest BCUT2D eigenvalue weighted by atomic mass is 10.0. The number of benzene rings is 2. The summed E-state index contributed by atoms with van der Waals surface area (Å²) in [7, 11) is 0. The maximum Gasteiger partial charge on any atom is 0.229 e. The van der Waals surface area contributed by atoms with Crippen molar-refractivity contribution >= 4 is 28.8 Å². The van der Waals surface area contributed by atoms with Crippen LogP contribution in [0.3, 0.4) is 0 Å². The first-order chi connectivity index (χ1) is 12.0. The third kappa shape index (κ3) is 4.23. The molecule has 0 radical (unpaired) electrons. The number of nitrogens with zero attached hydrogens (tertiary/aromatic N) is 1. The van der Waals surface area contributed by atoms with Crippen LogP contribution >= 0.6 is 0 Å².